The number of nitrogens with zero attached hydrogens (tertiary/aromatic N) is 2. The van der Waals surface area contributed by atoms with Crippen LogP contribution in [-0.4, -0.2) is 93.1 Å². The van der Waals surface area contributed by atoms with Gasteiger partial charge in [-0.25, -0.2) is 4.39 Å². The van der Waals surface area contributed by atoms with E-state index in [4.69, 9.17) is 5.73 Å². The second-order valence-electron chi connectivity index (χ2n) is 11.4. The summed E-state index contributed by atoms with van der Waals surface area (Å²) in [6, 6.07) is 1.73. The molecule has 6 atom stereocenters. The van der Waals surface area contributed by atoms with Gasteiger partial charge in [0.2, 0.25) is 0 Å². The molecule has 3 heterocycles. The molecule has 0 bridgehead atoms. The first-order chi connectivity index (χ1) is 18.3. The highest BCUT2D eigenvalue weighted by Gasteiger charge is 2.35. The molecule has 3 rings (SSSR count). The van der Waals surface area contributed by atoms with Gasteiger partial charge in [0, 0.05) is 24.7 Å². The van der Waals surface area contributed by atoms with Crippen LogP contribution in [0.4, 0.5) is 4.39 Å². The molecule has 0 saturated carbocycles. The fraction of sp³-hybridized carbons (Fsp3) is 1.00. The number of hydrogen-bond acceptors (Lipinski definition) is 6. The second-order valence-corrected chi connectivity index (χ2v) is 11.4. The van der Waals surface area contributed by atoms with Gasteiger partial charge in [-0.05, 0) is 111 Å². The van der Waals surface area contributed by atoms with E-state index < -0.39 is 12.2 Å². The first-order valence-corrected chi connectivity index (χ1v) is 16.3. The first kappa shape index (κ1) is 37.7. The van der Waals surface area contributed by atoms with Gasteiger partial charge in [0.25, 0.3) is 0 Å². The normalized spacial score (nSPS) is 26.0. The molecule has 0 radical (unpaired) electrons. The zero-order valence-corrected chi connectivity index (χ0v) is 27.1. The van der Waals surface area contributed by atoms with Gasteiger partial charge >= 0.3 is 0 Å². The van der Waals surface area contributed by atoms with E-state index in [0.29, 0.717) is 12.6 Å². The number of halogens is 1. The molecule has 0 aromatic heterocycles. The zero-order chi connectivity index (χ0) is 29.0. The molecule has 38 heavy (non-hydrogen) atoms. The Morgan fingerprint density at radius 1 is 0.868 bits per heavy atom. The molecule has 0 aliphatic carbocycles. The summed E-state index contributed by atoms with van der Waals surface area (Å²) in [5.41, 5.74) is 5.25. The number of alkyl halides is 1. The van der Waals surface area contributed by atoms with Gasteiger partial charge in [-0.2, -0.15) is 0 Å². The van der Waals surface area contributed by atoms with Crippen LogP contribution < -0.4 is 21.7 Å². The number of nitrogens with two attached hydrogens (primary N) is 1. The van der Waals surface area contributed by atoms with E-state index >= 15 is 0 Å². The van der Waals surface area contributed by atoms with Crippen LogP contribution in [-0.2, 0) is 0 Å². The SMILES string of the molecule is CC.CC.CC(N(C)CCCCC1CCCN1)N(C)C[C@@H](C)C1CCCN1.CC[C@@](N)(CF)C1CCCN1. The lowest BCUT2D eigenvalue weighted by atomic mass is 9.89. The van der Waals surface area contributed by atoms with E-state index in [2.05, 4.69) is 53.7 Å². The summed E-state index contributed by atoms with van der Waals surface area (Å²) in [5.74, 6) is 0.742. The average Bonchev–Trinajstić information content (AvgIpc) is 3.76. The van der Waals surface area contributed by atoms with E-state index in [9.17, 15) is 4.39 Å². The minimum Gasteiger partial charge on any atom is -0.322 e. The largest absolute Gasteiger partial charge is 0.322 e. The fourth-order valence-electron chi connectivity index (χ4n) is 5.82. The van der Waals surface area contributed by atoms with Crippen molar-refractivity contribution >= 4 is 0 Å². The summed E-state index contributed by atoms with van der Waals surface area (Å²) < 4.78 is 12.5. The molecule has 0 aromatic rings. The van der Waals surface area contributed by atoms with Gasteiger partial charge in [-0.3, -0.25) is 9.80 Å². The summed E-state index contributed by atoms with van der Waals surface area (Å²) >= 11 is 0. The molecule has 3 saturated heterocycles. The number of nitrogens with one attached hydrogen (secondary N) is 3. The summed E-state index contributed by atoms with van der Waals surface area (Å²) in [6.07, 6.45) is 12.9. The number of unbranched alkanes of at least 4 members (excludes halogenated alkanes) is 1. The predicted octanol–water partition coefficient (Wildman–Crippen LogP) is 5.37. The quantitative estimate of drug-likeness (QED) is 0.185. The third kappa shape index (κ3) is 13.8. The Balaban J connectivity index is 0.000000763. The van der Waals surface area contributed by atoms with Crippen LogP contribution in [0.3, 0.4) is 0 Å². The van der Waals surface area contributed by atoms with Crippen LogP contribution in [0.2, 0.25) is 0 Å². The summed E-state index contributed by atoms with van der Waals surface area (Å²) in [7, 11) is 4.57. The molecule has 3 fully saturated rings. The van der Waals surface area contributed by atoms with Gasteiger partial charge in [0.15, 0.2) is 0 Å². The summed E-state index contributed by atoms with van der Waals surface area (Å²) in [4.78, 5) is 5.06. The van der Waals surface area contributed by atoms with Crippen molar-refractivity contribution in [3.63, 3.8) is 0 Å². The van der Waals surface area contributed by atoms with Crippen molar-refractivity contribution in [1.29, 1.82) is 0 Å². The molecule has 6 nitrogen and oxygen atoms in total. The van der Waals surface area contributed by atoms with E-state index in [1.807, 2.05) is 34.6 Å². The Morgan fingerprint density at radius 3 is 1.97 bits per heavy atom. The Labute approximate surface area is 237 Å². The van der Waals surface area contributed by atoms with Crippen LogP contribution in [0.25, 0.3) is 0 Å². The van der Waals surface area contributed by atoms with E-state index in [0.717, 1.165) is 37.4 Å². The second kappa shape index (κ2) is 22.4. The van der Waals surface area contributed by atoms with E-state index in [1.165, 1.54) is 71.1 Å². The summed E-state index contributed by atoms with van der Waals surface area (Å²) in [6.45, 7) is 20.1. The molecule has 0 aromatic carbocycles. The highest BCUT2D eigenvalue weighted by molar-refractivity contribution is 4.97. The maximum absolute atomic E-state index is 12.5. The third-order valence-electron chi connectivity index (χ3n) is 8.77. The Morgan fingerprint density at radius 2 is 1.47 bits per heavy atom. The van der Waals surface area contributed by atoms with E-state index in [-0.39, 0.29) is 6.04 Å². The van der Waals surface area contributed by atoms with Gasteiger partial charge in [0.1, 0.15) is 6.67 Å². The number of hydrogen-bond donors (Lipinski definition) is 4. The van der Waals surface area contributed by atoms with Crippen molar-refractivity contribution < 1.29 is 4.39 Å². The smallest absolute Gasteiger partial charge is 0.109 e. The average molecular weight is 545 g/mol. The lowest BCUT2D eigenvalue weighted by Crippen LogP contribution is -2.56. The molecular weight excluding hydrogens is 475 g/mol. The maximum Gasteiger partial charge on any atom is 0.109 e. The van der Waals surface area contributed by atoms with Gasteiger partial charge < -0.3 is 21.7 Å². The molecule has 5 N–H and O–H groups in total. The van der Waals surface area contributed by atoms with Crippen LogP contribution in [0, 0.1) is 5.92 Å². The molecule has 4 unspecified atom stereocenters. The van der Waals surface area contributed by atoms with Gasteiger partial charge in [-0.15, -0.1) is 0 Å². The molecule has 3 aliphatic heterocycles. The topological polar surface area (TPSA) is 68.6 Å². The highest BCUT2D eigenvalue weighted by Crippen LogP contribution is 2.21. The van der Waals surface area contributed by atoms with Crippen molar-refractivity contribution in [2.24, 2.45) is 11.7 Å². The molecule has 230 valence electrons. The van der Waals surface area contributed by atoms with Crippen LogP contribution in [0.5, 0.6) is 0 Å². The Hall–Kier alpha value is -0.310. The highest BCUT2D eigenvalue weighted by atomic mass is 19.1. The first-order valence-electron chi connectivity index (χ1n) is 16.3. The summed E-state index contributed by atoms with van der Waals surface area (Å²) in [5, 5.41) is 10.5. The lowest BCUT2D eigenvalue weighted by molar-refractivity contribution is 0.0796. The number of rotatable bonds is 13. The monoisotopic (exact) mass is 545 g/mol. The molecular formula is C31H69FN6. The van der Waals surface area contributed by atoms with Crippen molar-refractivity contribution in [2.45, 2.75) is 143 Å². The fourth-order valence-corrected chi connectivity index (χ4v) is 5.82. The lowest BCUT2D eigenvalue weighted by Gasteiger charge is -2.35. The maximum atomic E-state index is 12.5. The Kier molecular flexibility index (Phi) is 22.2. The molecule has 3 aliphatic rings. The minimum absolute atomic E-state index is 0.192. The standard InChI is InChI=1S/C19H40N4.C8H17FN2.2C2H6/c1-16(19-11-8-13-21-19)15-23(4)17(2)22(3)14-6-5-9-18-10-7-12-20-18;1-2-8(10,6-9)7-4-3-5-11-7;2*1-2/h16-21H,5-15H2,1-4H3;7,11H,2-6,10H2,1H3;2*1-2H3/t16-,17?,18?,19?;7?,8-;;/m11../s1. The third-order valence-corrected chi connectivity index (χ3v) is 8.77. The zero-order valence-electron chi connectivity index (χ0n) is 27.1. The van der Waals surface area contributed by atoms with Crippen molar-refractivity contribution in [2.75, 3.05) is 53.5 Å². The van der Waals surface area contributed by atoms with Crippen molar-refractivity contribution in [3.8, 4) is 0 Å². The molecule has 0 amide bonds. The van der Waals surface area contributed by atoms with Gasteiger partial charge in [-0.1, -0.05) is 48.0 Å². The molecule has 7 heteroatoms. The molecule has 0 spiro atoms. The van der Waals surface area contributed by atoms with Crippen LogP contribution in [0.15, 0.2) is 0 Å². The predicted molar refractivity (Wildman–Crippen MR) is 167 cm³/mol. The van der Waals surface area contributed by atoms with Crippen LogP contribution >= 0.6 is 0 Å². The van der Waals surface area contributed by atoms with Crippen molar-refractivity contribution in [3.05, 3.63) is 0 Å². The van der Waals surface area contributed by atoms with Gasteiger partial charge in [0.05, 0.1) is 11.7 Å². The van der Waals surface area contributed by atoms with Crippen molar-refractivity contribution in [1.82, 2.24) is 25.8 Å². The minimum atomic E-state index is -0.615. The van der Waals surface area contributed by atoms with Crippen LogP contribution in [0.1, 0.15) is 113 Å². The Bertz CT molecular complexity index is 514. The van der Waals surface area contributed by atoms with E-state index in [1.54, 1.807) is 0 Å².